The molecule has 0 saturated carbocycles. The molecule has 4 heteroatoms. The van der Waals surface area contributed by atoms with E-state index in [2.05, 4.69) is 23.7 Å². The zero-order valence-electron chi connectivity index (χ0n) is 12.5. The van der Waals surface area contributed by atoms with Crippen LogP contribution in [0.2, 0.25) is 0 Å². The molecule has 2 atom stereocenters. The van der Waals surface area contributed by atoms with Gasteiger partial charge < -0.3 is 5.11 Å². The van der Waals surface area contributed by atoms with Crippen LogP contribution in [-0.4, -0.2) is 28.6 Å². The van der Waals surface area contributed by atoms with E-state index in [-0.39, 0.29) is 6.04 Å². The highest BCUT2D eigenvalue weighted by molar-refractivity contribution is 7.11. The number of benzene rings is 1. The van der Waals surface area contributed by atoms with Crippen molar-refractivity contribution >= 4 is 11.3 Å². The van der Waals surface area contributed by atoms with E-state index >= 15 is 0 Å². The molecule has 0 bridgehead atoms. The van der Waals surface area contributed by atoms with Crippen LogP contribution in [0.15, 0.2) is 30.3 Å². The van der Waals surface area contributed by atoms with Crippen LogP contribution in [0.3, 0.4) is 0 Å². The van der Waals surface area contributed by atoms with Crippen LogP contribution in [0.1, 0.15) is 40.2 Å². The fourth-order valence-electron chi connectivity index (χ4n) is 2.35. The summed E-state index contributed by atoms with van der Waals surface area (Å²) in [6.07, 6.45) is -0.460. The quantitative estimate of drug-likeness (QED) is 0.916. The van der Waals surface area contributed by atoms with Gasteiger partial charge in [0.15, 0.2) is 0 Å². The minimum absolute atomic E-state index is 0.263. The summed E-state index contributed by atoms with van der Waals surface area (Å²) in [5.41, 5.74) is 2.06. The highest BCUT2D eigenvalue weighted by atomic mass is 32.1. The van der Waals surface area contributed by atoms with Gasteiger partial charge in [-0.2, -0.15) is 0 Å². The van der Waals surface area contributed by atoms with Gasteiger partial charge in [-0.15, -0.1) is 11.3 Å². The first-order valence-electron chi connectivity index (χ1n) is 6.86. The Morgan fingerprint density at radius 3 is 2.45 bits per heavy atom. The minimum Gasteiger partial charge on any atom is -0.387 e. The lowest BCUT2D eigenvalue weighted by Gasteiger charge is -2.26. The second-order valence-corrected chi connectivity index (χ2v) is 6.46. The third kappa shape index (κ3) is 3.45. The van der Waals surface area contributed by atoms with Crippen LogP contribution >= 0.6 is 11.3 Å². The monoisotopic (exact) mass is 290 g/mol. The number of nitrogens with zero attached hydrogens (tertiary/aromatic N) is 2. The Morgan fingerprint density at radius 2 is 1.90 bits per heavy atom. The summed E-state index contributed by atoms with van der Waals surface area (Å²) in [6.45, 7) is 6.86. The summed E-state index contributed by atoms with van der Waals surface area (Å²) in [4.78, 5) is 7.94. The number of rotatable bonds is 5. The summed E-state index contributed by atoms with van der Waals surface area (Å²) < 4.78 is 0. The Labute approximate surface area is 124 Å². The molecule has 0 spiro atoms. The third-order valence-electron chi connectivity index (χ3n) is 3.63. The van der Waals surface area contributed by atoms with Crippen molar-refractivity contribution in [2.75, 3.05) is 13.6 Å². The number of hydrogen-bond acceptors (Lipinski definition) is 4. The maximum Gasteiger partial charge on any atom is 0.0917 e. The molecule has 1 aromatic carbocycles. The largest absolute Gasteiger partial charge is 0.387 e. The number of aryl methyl sites for hydroxylation is 2. The molecule has 0 aliphatic rings. The molecule has 0 radical (unpaired) electrons. The van der Waals surface area contributed by atoms with E-state index in [1.54, 1.807) is 11.3 Å². The Hall–Kier alpha value is -1.23. The zero-order valence-corrected chi connectivity index (χ0v) is 13.3. The van der Waals surface area contributed by atoms with Gasteiger partial charge in [0.05, 0.1) is 16.8 Å². The summed E-state index contributed by atoms with van der Waals surface area (Å²) in [5.74, 6) is 0. The Balaban J connectivity index is 2.04. The number of aliphatic hydroxyl groups is 1. The zero-order chi connectivity index (χ0) is 14.7. The fourth-order valence-corrected chi connectivity index (χ4v) is 3.39. The standard InChI is InChI=1S/C16H22N2OS/c1-11-16(20-13(3)17-11)12(2)18(4)10-15(19)14-8-6-5-7-9-14/h5-9,12,15,19H,10H2,1-4H3. The SMILES string of the molecule is Cc1nc(C)c(C(C)N(C)CC(O)c2ccccc2)s1. The molecule has 2 rings (SSSR count). The van der Waals surface area contributed by atoms with E-state index in [4.69, 9.17) is 0 Å². The summed E-state index contributed by atoms with van der Waals surface area (Å²) in [5, 5.41) is 11.4. The van der Waals surface area contributed by atoms with Crippen molar-refractivity contribution in [1.82, 2.24) is 9.88 Å². The van der Waals surface area contributed by atoms with Crippen molar-refractivity contribution in [1.29, 1.82) is 0 Å². The molecular formula is C16H22N2OS. The summed E-state index contributed by atoms with van der Waals surface area (Å²) in [7, 11) is 2.05. The van der Waals surface area contributed by atoms with Gasteiger partial charge in [-0.1, -0.05) is 30.3 Å². The first-order valence-corrected chi connectivity index (χ1v) is 7.68. The fraction of sp³-hybridized carbons (Fsp3) is 0.438. The van der Waals surface area contributed by atoms with Crippen LogP contribution < -0.4 is 0 Å². The van der Waals surface area contributed by atoms with E-state index in [1.807, 2.05) is 44.3 Å². The van der Waals surface area contributed by atoms with Gasteiger partial charge in [-0.05, 0) is 33.4 Å². The molecule has 108 valence electrons. The van der Waals surface area contributed by atoms with Gasteiger partial charge in [-0.25, -0.2) is 4.98 Å². The van der Waals surface area contributed by atoms with Gasteiger partial charge in [0.1, 0.15) is 0 Å². The van der Waals surface area contributed by atoms with Crippen LogP contribution in [0, 0.1) is 13.8 Å². The highest BCUT2D eigenvalue weighted by Crippen LogP contribution is 2.29. The van der Waals surface area contributed by atoms with Gasteiger partial charge in [0, 0.05) is 17.5 Å². The number of likely N-dealkylation sites (N-methyl/N-ethyl adjacent to an activating group) is 1. The van der Waals surface area contributed by atoms with Crippen LogP contribution in [0.5, 0.6) is 0 Å². The highest BCUT2D eigenvalue weighted by Gasteiger charge is 2.20. The van der Waals surface area contributed by atoms with E-state index in [9.17, 15) is 5.11 Å². The number of aromatic nitrogens is 1. The summed E-state index contributed by atoms with van der Waals surface area (Å²) >= 11 is 1.74. The molecule has 0 aliphatic heterocycles. The molecule has 20 heavy (non-hydrogen) atoms. The van der Waals surface area contributed by atoms with Gasteiger partial charge >= 0.3 is 0 Å². The molecule has 1 aromatic heterocycles. The van der Waals surface area contributed by atoms with Crippen molar-refractivity contribution in [2.24, 2.45) is 0 Å². The van der Waals surface area contributed by atoms with Crippen LogP contribution in [0.25, 0.3) is 0 Å². The predicted molar refractivity (Wildman–Crippen MR) is 84.0 cm³/mol. The molecule has 2 unspecified atom stereocenters. The predicted octanol–water partition coefficient (Wildman–Crippen LogP) is 3.49. The molecule has 0 saturated heterocycles. The minimum atomic E-state index is -0.460. The topological polar surface area (TPSA) is 36.4 Å². The smallest absolute Gasteiger partial charge is 0.0917 e. The van der Waals surface area contributed by atoms with E-state index in [0.29, 0.717) is 6.54 Å². The maximum atomic E-state index is 10.3. The second kappa shape index (κ2) is 6.48. The summed E-state index contributed by atoms with van der Waals surface area (Å²) in [6, 6.07) is 10.1. The third-order valence-corrected chi connectivity index (χ3v) is 4.87. The second-order valence-electron chi connectivity index (χ2n) is 5.22. The number of thiazole rings is 1. The molecule has 1 heterocycles. The first-order chi connectivity index (χ1) is 9.49. The maximum absolute atomic E-state index is 10.3. The van der Waals surface area contributed by atoms with Crippen molar-refractivity contribution in [2.45, 2.75) is 32.9 Å². The lowest BCUT2D eigenvalue weighted by atomic mass is 10.1. The van der Waals surface area contributed by atoms with Gasteiger partial charge in [-0.3, -0.25) is 4.90 Å². The Kier molecular flexibility index (Phi) is 4.91. The van der Waals surface area contributed by atoms with Crippen LogP contribution in [0.4, 0.5) is 0 Å². The molecule has 0 fully saturated rings. The molecule has 1 N–H and O–H groups in total. The van der Waals surface area contributed by atoms with E-state index < -0.39 is 6.10 Å². The average molecular weight is 290 g/mol. The molecule has 3 nitrogen and oxygen atoms in total. The van der Waals surface area contributed by atoms with Gasteiger partial charge in [0.25, 0.3) is 0 Å². The van der Waals surface area contributed by atoms with Crippen LogP contribution in [-0.2, 0) is 0 Å². The Bertz CT molecular complexity index is 553. The normalized spacial score (nSPS) is 14.5. The molecule has 0 amide bonds. The van der Waals surface area contributed by atoms with E-state index in [1.165, 1.54) is 4.88 Å². The van der Waals surface area contributed by atoms with Crippen molar-refractivity contribution < 1.29 is 5.11 Å². The van der Waals surface area contributed by atoms with Gasteiger partial charge in [0.2, 0.25) is 0 Å². The lowest BCUT2D eigenvalue weighted by Crippen LogP contribution is -2.27. The molecule has 2 aromatic rings. The van der Waals surface area contributed by atoms with Crippen molar-refractivity contribution in [3.63, 3.8) is 0 Å². The number of aliphatic hydroxyl groups excluding tert-OH is 1. The van der Waals surface area contributed by atoms with E-state index in [0.717, 1.165) is 16.3 Å². The van der Waals surface area contributed by atoms with Crippen molar-refractivity contribution in [3.8, 4) is 0 Å². The molecule has 0 aliphatic carbocycles. The van der Waals surface area contributed by atoms with Crippen molar-refractivity contribution in [3.05, 3.63) is 51.5 Å². The number of hydrogen-bond donors (Lipinski definition) is 1. The first kappa shape index (κ1) is 15.2. The lowest BCUT2D eigenvalue weighted by molar-refractivity contribution is 0.109. The molecular weight excluding hydrogens is 268 g/mol. The average Bonchev–Trinajstić information content (AvgIpc) is 2.77. The Morgan fingerprint density at radius 1 is 1.25 bits per heavy atom.